The van der Waals surface area contributed by atoms with Gasteiger partial charge in [-0.25, -0.2) is 0 Å². The third-order valence-corrected chi connectivity index (χ3v) is 2.70. The van der Waals surface area contributed by atoms with Crippen molar-refractivity contribution in [2.45, 2.75) is 6.42 Å². The zero-order valence-corrected chi connectivity index (χ0v) is 11.0. The number of ether oxygens (including phenoxy) is 2. The standard InChI is InChI=1S/C11H19N5O2/c1-12-9-13-10(16(2)3)15-11(14-9)18-7-8-4-5-17-6-8/h8H,4-7H2,1-3H3,(H,12,13,14,15). The maximum atomic E-state index is 5.61. The smallest absolute Gasteiger partial charge is 0.323 e. The molecule has 7 heteroatoms. The average molecular weight is 253 g/mol. The van der Waals surface area contributed by atoms with Crippen LogP contribution < -0.4 is 15.0 Å². The first-order chi connectivity index (χ1) is 8.69. The summed E-state index contributed by atoms with van der Waals surface area (Å²) in [6.07, 6.45) is 1.03. The van der Waals surface area contributed by atoms with E-state index in [4.69, 9.17) is 9.47 Å². The molecule has 18 heavy (non-hydrogen) atoms. The van der Waals surface area contributed by atoms with Crippen molar-refractivity contribution in [3.05, 3.63) is 0 Å². The summed E-state index contributed by atoms with van der Waals surface area (Å²) in [5.41, 5.74) is 0. The number of hydrogen-bond donors (Lipinski definition) is 1. The summed E-state index contributed by atoms with van der Waals surface area (Å²) in [5, 5.41) is 2.90. The lowest BCUT2D eigenvalue weighted by molar-refractivity contribution is 0.163. The molecule has 2 rings (SSSR count). The maximum Gasteiger partial charge on any atom is 0.323 e. The lowest BCUT2D eigenvalue weighted by atomic mass is 10.1. The molecule has 1 unspecified atom stereocenters. The van der Waals surface area contributed by atoms with Gasteiger partial charge in [-0.15, -0.1) is 0 Å². The molecule has 0 amide bonds. The van der Waals surface area contributed by atoms with Crippen LogP contribution in [0.3, 0.4) is 0 Å². The summed E-state index contributed by atoms with van der Waals surface area (Å²) in [7, 11) is 5.52. The second-order valence-electron chi connectivity index (χ2n) is 4.43. The molecular formula is C11H19N5O2. The Bertz CT molecular complexity index is 393. The molecule has 1 aliphatic heterocycles. The SMILES string of the molecule is CNc1nc(OCC2CCOC2)nc(N(C)C)n1. The van der Waals surface area contributed by atoms with Gasteiger partial charge in [0, 0.05) is 33.7 Å². The molecule has 0 spiro atoms. The van der Waals surface area contributed by atoms with Crippen LogP contribution in [0.15, 0.2) is 0 Å². The van der Waals surface area contributed by atoms with Crippen molar-refractivity contribution in [1.29, 1.82) is 0 Å². The quantitative estimate of drug-likeness (QED) is 0.814. The van der Waals surface area contributed by atoms with Crippen molar-refractivity contribution in [3.8, 4) is 6.01 Å². The normalized spacial score (nSPS) is 18.7. The van der Waals surface area contributed by atoms with Crippen LogP contribution in [0.5, 0.6) is 6.01 Å². The lowest BCUT2D eigenvalue weighted by Gasteiger charge is -2.13. The highest BCUT2D eigenvalue weighted by Gasteiger charge is 2.17. The molecule has 1 aromatic heterocycles. The molecule has 1 fully saturated rings. The molecule has 7 nitrogen and oxygen atoms in total. The largest absolute Gasteiger partial charge is 0.463 e. The molecule has 0 aromatic carbocycles. The predicted octanol–water partition coefficient (Wildman–Crippen LogP) is 0.395. The van der Waals surface area contributed by atoms with Crippen molar-refractivity contribution in [1.82, 2.24) is 15.0 Å². The summed E-state index contributed by atoms with van der Waals surface area (Å²) in [6, 6.07) is 0.352. The fourth-order valence-electron chi connectivity index (χ4n) is 1.63. The molecule has 1 aromatic rings. The van der Waals surface area contributed by atoms with E-state index in [1.54, 1.807) is 7.05 Å². The Labute approximate surface area is 107 Å². The van der Waals surface area contributed by atoms with Gasteiger partial charge in [-0.1, -0.05) is 0 Å². The van der Waals surface area contributed by atoms with E-state index in [0.29, 0.717) is 30.4 Å². The molecule has 0 saturated carbocycles. The topological polar surface area (TPSA) is 72.4 Å². The van der Waals surface area contributed by atoms with E-state index >= 15 is 0 Å². The first-order valence-corrected chi connectivity index (χ1v) is 6.00. The summed E-state index contributed by atoms with van der Waals surface area (Å²) in [4.78, 5) is 14.4. The lowest BCUT2D eigenvalue weighted by Crippen LogP contribution is -2.17. The second kappa shape index (κ2) is 5.81. The van der Waals surface area contributed by atoms with Crippen LogP contribution in [0.4, 0.5) is 11.9 Å². The van der Waals surface area contributed by atoms with Crippen molar-refractivity contribution in [2.24, 2.45) is 5.92 Å². The average Bonchev–Trinajstić information content (AvgIpc) is 2.89. The molecule has 2 heterocycles. The fourth-order valence-corrected chi connectivity index (χ4v) is 1.63. The van der Waals surface area contributed by atoms with Gasteiger partial charge in [0.05, 0.1) is 13.2 Å². The van der Waals surface area contributed by atoms with E-state index in [1.165, 1.54) is 0 Å². The van der Waals surface area contributed by atoms with Crippen LogP contribution in [0.25, 0.3) is 0 Å². The van der Waals surface area contributed by atoms with Crippen LogP contribution in [-0.2, 0) is 4.74 Å². The number of anilines is 2. The van der Waals surface area contributed by atoms with E-state index in [0.717, 1.165) is 19.6 Å². The molecule has 100 valence electrons. The van der Waals surface area contributed by atoms with Gasteiger partial charge in [0.2, 0.25) is 11.9 Å². The first-order valence-electron chi connectivity index (χ1n) is 6.00. The fraction of sp³-hybridized carbons (Fsp3) is 0.727. The molecule has 0 aliphatic carbocycles. The van der Waals surface area contributed by atoms with E-state index in [2.05, 4.69) is 20.3 Å². The predicted molar refractivity (Wildman–Crippen MR) is 68.1 cm³/mol. The number of nitrogens with zero attached hydrogens (tertiary/aromatic N) is 4. The zero-order chi connectivity index (χ0) is 13.0. The third-order valence-electron chi connectivity index (χ3n) is 2.70. The summed E-state index contributed by atoms with van der Waals surface area (Å²) < 4.78 is 10.9. The van der Waals surface area contributed by atoms with Gasteiger partial charge in [-0.2, -0.15) is 15.0 Å². The Hall–Kier alpha value is -1.63. The van der Waals surface area contributed by atoms with Crippen LogP contribution in [-0.4, -0.2) is 55.9 Å². The molecule has 0 radical (unpaired) electrons. The van der Waals surface area contributed by atoms with Gasteiger partial charge in [-0.3, -0.25) is 0 Å². The highest BCUT2D eigenvalue weighted by atomic mass is 16.5. The van der Waals surface area contributed by atoms with Crippen molar-refractivity contribution in [3.63, 3.8) is 0 Å². The Kier molecular flexibility index (Phi) is 4.14. The monoisotopic (exact) mass is 253 g/mol. The summed E-state index contributed by atoms with van der Waals surface area (Å²) >= 11 is 0. The molecule has 1 atom stereocenters. The van der Waals surface area contributed by atoms with E-state index in [1.807, 2.05) is 19.0 Å². The minimum absolute atomic E-state index is 0.352. The minimum atomic E-state index is 0.352. The van der Waals surface area contributed by atoms with Crippen molar-refractivity contribution < 1.29 is 9.47 Å². The van der Waals surface area contributed by atoms with Crippen LogP contribution in [0, 0.1) is 5.92 Å². The third kappa shape index (κ3) is 3.19. The van der Waals surface area contributed by atoms with E-state index < -0.39 is 0 Å². The molecule has 1 aliphatic rings. The van der Waals surface area contributed by atoms with E-state index in [-0.39, 0.29) is 0 Å². The second-order valence-corrected chi connectivity index (χ2v) is 4.43. The molecule has 1 N–H and O–H groups in total. The minimum Gasteiger partial charge on any atom is -0.463 e. The Morgan fingerprint density at radius 2 is 2.22 bits per heavy atom. The summed E-state index contributed by atoms with van der Waals surface area (Å²) in [5.74, 6) is 1.51. The number of hydrogen-bond acceptors (Lipinski definition) is 7. The van der Waals surface area contributed by atoms with Gasteiger partial charge in [-0.05, 0) is 6.42 Å². The Morgan fingerprint density at radius 1 is 1.39 bits per heavy atom. The first kappa shape index (κ1) is 12.8. The van der Waals surface area contributed by atoms with Crippen LogP contribution >= 0.6 is 0 Å². The van der Waals surface area contributed by atoms with Crippen LogP contribution in [0.1, 0.15) is 6.42 Å². The highest BCUT2D eigenvalue weighted by molar-refractivity contribution is 5.36. The Balaban J connectivity index is 2.03. The van der Waals surface area contributed by atoms with Gasteiger partial charge in [0.15, 0.2) is 0 Å². The Morgan fingerprint density at radius 3 is 2.83 bits per heavy atom. The molecule has 1 saturated heterocycles. The highest BCUT2D eigenvalue weighted by Crippen LogP contribution is 2.16. The van der Waals surface area contributed by atoms with Gasteiger partial charge in [0.1, 0.15) is 0 Å². The number of rotatable bonds is 5. The molecule has 0 bridgehead atoms. The van der Waals surface area contributed by atoms with Crippen molar-refractivity contribution in [2.75, 3.05) is 51.2 Å². The van der Waals surface area contributed by atoms with Crippen molar-refractivity contribution >= 4 is 11.9 Å². The maximum absolute atomic E-state index is 5.61. The van der Waals surface area contributed by atoms with Gasteiger partial charge < -0.3 is 19.7 Å². The zero-order valence-electron chi connectivity index (χ0n) is 11.0. The van der Waals surface area contributed by atoms with Gasteiger partial charge in [0.25, 0.3) is 0 Å². The number of aromatic nitrogens is 3. The molecular weight excluding hydrogens is 234 g/mol. The van der Waals surface area contributed by atoms with E-state index in [9.17, 15) is 0 Å². The van der Waals surface area contributed by atoms with Gasteiger partial charge >= 0.3 is 6.01 Å². The van der Waals surface area contributed by atoms with Crippen LogP contribution in [0.2, 0.25) is 0 Å². The number of nitrogens with one attached hydrogen (secondary N) is 1. The summed E-state index contributed by atoms with van der Waals surface area (Å²) in [6.45, 7) is 2.15.